The third kappa shape index (κ3) is 0.777. The summed E-state index contributed by atoms with van der Waals surface area (Å²) in [5.41, 5.74) is 0.400. The van der Waals surface area contributed by atoms with Gasteiger partial charge >= 0.3 is 11.8 Å². The fourth-order valence-electron chi connectivity index (χ4n) is 1.12. The minimum Gasteiger partial charge on any atom is -0.195 e. The second-order valence-corrected chi connectivity index (χ2v) is 2.78. The van der Waals surface area contributed by atoms with Gasteiger partial charge in [-0.15, -0.1) is 0 Å². The van der Waals surface area contributed by atoms with Crippen LogP contribution < -0.4 is 0 Å². The first kappa shape index (κ1) is 7.58. The SMILES string of the molecule is FC1(F)C=C2C=CC2=CC1(F)F. The van der Waals surface area contributed by atoms with Gasteiger partial charge in [0.05, 0.1) is 0 Å². The predicted octanol–water partition coefficient (Wildman–Crippen LogP) is 2.69. The molecule has 0 spiro atoms. The Balaban J connectivity index is 2.51. The van der Waals surface area contributed by atoms with E-state index in [0.717, 1.165) is 0 Å². The molecule has 0 aromatic rings. The summed E-state index contributed by atoms with van der Waals surface area (Å²) in [7, 11) is 0. The molecule has 0 aliphatic heterocycles. The highest BCUT2D eigenvalue weighted by molar-refractivity contribution is 5.60. The fourth-order valence-corrected chi connectivity index (χ4v) is 1.12. The first-order chi connectivity index (χ1) is 5.42. The third-order valence-corrected chi connectivity index (χ3v) is 1.89. The highest BCUT2D eigenvalue weighted by atomic mass is 19.3. The van der Waals surface area contributed by atoms with Crippen molar-refractivity contribution in [3.63, 3.8) is 0 Å². The van der Waals surface area contributed by atoms with Crippen molar-refractivity contribution >= 4 is 0 Å². The number of fused-ring (bicyclic) bond motifs is 1. The highest BCUT2D eigenvalue weighted by Gasteiger charge is 2.55. The number of allylic oxidation sites excluding steroid dienone is 6. The van der Waals surface area contributed by atoms with Crippen LogP contribution in [0.25, 0.3) is 0 Å². The van der Waals surface area contributed by atoms with Gasteiger partial charge in [0.1, 0.15) is 0 Å². The maximum Gasteiger partial charge on any atom is 0.333 e. The first-order valence-electron chi connectivity index (χ1n) is 3.32. The quantitative estimate of drug-likeness (QED) is 0.498. The van der Waals surface area contributed by atoms with Gasteiger partial charge in [-0.2, -0.15) is 17.6 Å². The van der Waals surface area contributed by atoms with E-state index in [2.05, 4.69) is 0 Å². The molecule has 0 unspecified atom stereocenters. The van der Waals surface area contributed by atoms with Gasteiger partial charge in [-0.1, -0.05) is 12.2 Å². The van der Waals surface area contributed by atoms with Crippen molar-refractivity contribution in [2.75, 3.05) is 0 Å². The Kier molecular flexibility index (Phi) is 1.14. The van der Waals surface area contributed by atoms with Crippen LogP contribution in [0.2, 0.25) is 0 Å². The summed E-state index contributed by atoms with van der Waals surface area (Å²) >= 11 is 0. The molecule has 4 heteroatoms. The Bertz CT molecular complexity index is 288. The Morgan fingerprint density at radius 2 is 1.08 bits per heavy atom. The summed E-state index contributed by atoms with van der Waals surface area (Å²) in [6.07, 6.45) is 3.38. The number of alkyl halides is 4. The van der Waals surface area contributed by atoms with E-state index in [1.54, 1.807) is 0 Å². The van der Waals surface area contributed by atoms with Gasteiger partial charge in [-0.05, 0) is 23.3 Å². The average Bonchev–Trinajstić information content (AvgIpc) is 1.91. The van der Waals surface area contributed by atoms with E-state index < -0.39 is 11.8 Å². The van der Waals surface area contributed by atoms with Gasteiger partial charge in [0.2, 0.25) is 0 Å². The Morgan fingerprint density at radius 3 is 1.33 bits per heavy atom. The lowest BCUT2D eigenvalue weighted by Gasteiger charge is -2.29. The summed E-state index contributed by atoms with van der Waals surface area (Å²) in [6.45, 7) is 0. The van der Waals surface area contributed by atoms with E-state index in [-0.39, 0.29) is 11.1 Å². The van der Waals surface area contributed by atoms with Crippen LogP contribution in [0.5, 0.6) is 0 Å². The van der Waals surface area contributed by atoms with Crippen LogP contribution in [0.15, 0.2) is 35.5 Å². The highest BCUT2D eigenvalue weighted by Crippen LogP contribution is 2.45. The van der Waals surface area contributed by atoms with Gasteiger partial charge in [0.15, 0.2) is 0 Å². The monoisotopic (exact) mass is 176 g/mol. The predicted molar refractivity (Wildman–Crippen MR) is 35.2 cm³/mol. The zero-order chi connectivity index (χ0) is 8.98. The van der Waals surface area contributed by atoms with Crippen molar-refractivity contribution in [2.45, 2.75) is 11.8 Å². The summed E-state index contributed by atoms with van der Waals surface area (Å²) in [6, 6.07) is 0. The minimum absolute atomic E-state index is 0.200. The van der Waals surface area contributed by atoms with Crippen LogP contribution in [-0.2, 0) is 0 Å². The van der Waals surface area contributed by atoms with Gasteiger partial charge < -0.3 is 0 Å². The molecule has 64 valence electrons. The van der Waals surface area contributed by atoms with E-state index >= 15 is 0 Å². The van der Waals surface area contributed by atoms with Crippen LogP contribution in [0, 0.1) is 0 Å². The lowest BCUT2D eigenvalue weighted by atomic mass is 9.86. The Hall–Kier alpha value is -1.06. The maximum atomic E-state index is 12.5. The molecule has 0 radical (unpaired) electrons. The summed E-state index contributed by atoms with van der Waals surface area (Å²) in [5.74, 6) is -8.09. The van der Waals surface area contributed by atoms with E-state index in [4.69, 9.17) is 0 Å². The van der Waals surface area contributed by atoms with Crippen molar-refractivity contribution in [1.82, 2.24) is 0 Å². The maximum absolute atomic E-state index is 12.5. The number of rotatable bonds is 0. The first-order valence-corrected chi connectivity index (χ1v) is 3.32. The second kappa shape index (κ2) is 1.81. The molecule has 0 heterocycles. The molecule has 0 aromatic carbocycles. The van der Waals surface area contributed by atoms with Crippen LogP contribution in [0.1, 0.15) is 0 Å². The van der Waals surface area contributed by atoms with Crippen LogP contribution in [0.4, 0.5) is 17.6 Å². The molecule has 0 saturated carbocycles. The van der Waals surface area contributed by atoms with E-state index in [9.17, 15) is 17.6 Å². The summed E-state index contributed by atoms with van der Waals surface area (Å²) in [5, 5.41) is 0. The van der Waals surface area contributed by atoms with Crippen molar-refractivity contribution in [1.29, 1.82) is 0 Å². The molecule has 2 aliphatic carbocycles. The van der Waals surface area contributed by atoms with Gasteiger partial charge in [-0.25, -0.2) is 0 Å². The van der Waals surface area contributed by atoms with Gasteiger partial charge in [-0.3, -0.25) is 0 Å². The lowest BCUT2D eigenvalue weighted by molar-refractivity contribution is -0.148. The van der Waals surface area contributed by atoms with Gasteiger partial charge in [0.25, 0.3) is 0 Å². The van der Waals surface area contributed by atoms with E-state index in [1.165, 1.54) is 12.2 Å². The number of halogens is 4. The normalized spacial score (nSPS) is 28.3. The summed E-state index contributed by atoms with van der Waals surface area (Å²) in [4.78, 5) is 0. The summed E-state index contributed by atoms with van der Waals surface area (Å²) < 4.78 is 50.1. The topological polar surface area (TPSA) is 0 Å². The fraction of sp³-hybridized carbons (Fsp3) is 0.250. The van der Waals surface area contributed by atoms with E-state index in [1.807, 2.05) is 0 Å². The Morgan fingerprint density at radius 1 is 0.750 bits per heavy atom. The molecule has 0 saturated heterocycles. The van der Waals surface area contributed by atoms with Crippen LogP contribution in [0.3, 0.4) is 0 Å². The van der Waals surface area contributed by atoms with Gasteiger partial charge in [0, 0.05) is 0 Å². The molecule has 0 amide bonds. The standard InChI is InChI=1S/C8H4F4/c9-7(10)3-5-1-2-6(5)4-8(7,11)12/h1-4H. The van der Waals surface area contributed by atoms with Crippen molar-refractivity contribution in [2.24, 2.45) is 0 Å². The second-order valence-electron chi connectivity index (χ2n) is 2.78. The smallest absolute Gasteiger partial charge is 0.195 e. The molecule has 2 aliphatic rings. The Labute approximate surface area is 65.9 Å². The number of hydrogen-bond acceptors (Lipinski definition) is 0. The van der Waals surface area contributed by atoms with Crippen LogP contribution in [-0.4, -0.2) is 11.8 Å². The zero-order valence-electron chi connectivity index (χ0n) is 5.82. The largest absolute Gasteiger partial charge is 0.333 e. The molecule has 0 atom stereocenters. The molecule has 2 rings (SSSR count). The zero-order valence-corrected chi connectivity index (χ0v) is 5.82. The lowest BCUT2D eigenvalue weighted by Crippen LogP contribution is -2.40. The molecular weight excluding hydrogens is 172 g/mol. The van der Waals surface area contributed by atoms with Crippen molar-refractivity contribution < 1.29 is 17.6 Å². The molecule has 0 aromatic heterocycles. The molecule has 0 nitrogen and oxygen atoms in total. The molecule has 0 fully saturated rings. The molecular formula is C8H4F4. The van der Waals surface area contributed by atoms with Crippen LogP contribution >= 0.6 is 0 Å². The van der Waals surface area contributed by atoms with Crippen molar-refractivity contribution in [3.8, 4) is 0 Å². The minimum atomic E-state index is -4.05. The van der Waals surface area contributed by atoms with Crippen molar-refractivity contribution in [3.05, 3.63) is 35.5 Å². The number of hydrogen-bond donors (Lipinski definition) is 0. The molecule has 0 bridgehead atoms. The molecule has 12 heavy (non-hydrogen) atoms. The molecule has 0 N–H and O–H groups in total. The average molecular weight is 176 g/mol. The van der Waals surface area contributed by atoms with E-state index in [0.29, 0.717) is 12.2 Å². The third-order valence-electron chi connectivity index (χ3n) is 1.89.